The van der Waals surface area contributed by atoms with Crippen molar-refractivity contribution in [1.29, 1.82) is 0 Å². The van der Waals surface area contributed by atoms with E-state index < -0.39 is 5.60 Å². The number of nitrogens with one attached hydrogen (secondary N) is 1. The zero-order valence-electron chi connectivity index (χ0n) is 22.7. The summed E-state index contributed by atoms with van der Waals surface area (Å²) in [5.41, 5.74) is 3.96. The Morgan fingerprint density at radius 2 is 1.87 bits per heavy atom. The Hall–Kier alpha value is -4.02. The maximum atomic E-state index is 13.3. The molecule has 0 amide bonds. The summed E-state index contributed by atoms with van der Waals surface area (Å²) in [6.45, 7) is 10.4. The summed E-state index contributed by atoms with van der Waals surface area (Å²) < 4.78 is 9.18. The second-order valence-electron chi connectivity index (χ2n) is 10.5. The van der Waals surface area contributed by atoms with Gasteiger partial charge in [0.15, 0.2) is 11.5 Å². The number of ether oxygens (including phenoxy) is 1. The largest absolute Gasteiger partial charge is 0.372 e. The topological polar surface area (TPSA) is 93.3 Å². The van der Waals surface area contributed by atoms with Gasteiger partial charge >= 0.3 is 0 Å². The van der Waals surface area contributed by atoms with Crippen LogP contribution < -0.4 is 15.8 Å². The Balaban J connectivity index is 1.36. The number of aromatic nitrogens is 5. The van der Waals surface area contributed by atoms with E-state index in [4.69, 9.17) is 14.7 Å². The molecule has 39 heavy (non-hydrogen) atoms. The molecule has 1 fully saturated rings. The number of piperazine rings is 1. The lowest BCUT2D eigenvalue weighted by Gasteiger charge is -2.34. The molecule has 3 aromatic heterocycles. The molecule has 10 heteroatoms. The lowest BCUT2D eigenvalue weighted by Crippen LogP contribution is -2.44. The SMILES string of the molecule is C=CCn1c(=O)c2cnc(Nc3ccc(N4CCN(C)CC4)cc3)nc2n1-c1ccc2c(n1)[C@@](C)(OC)CC2. The highest BCUT2D eigenvalue weighted by Gasteiger charge is 2.36. The van der Waals surface area contributed by atoms with E-state index in [0.29, 0.717) is 29.3 Å². The average Bonchev–Trinajstić information content (AvgIpc) is 3.43. The van der Waals surface area contributed by atoms with Crippen LogP contribution in [-0.2, 0) is 23.3 Å². The maximum absolute atomic E-state index is 13.3. The number of nitrogens with zero attached hydrogens (tertiary/aromatic N) is 7. The zero-order valence-corrected chi connectivity index (χ0v) is 22.7. The van der Waals surface area contributed by atoms with Crippen molar-refractivity contribution in [1.82, 2.24) is 29.2 Å². The van der Waals surface area contributed by atoms with Gasteiger partial charge in [0.25, 0.3) is 5.56 Å². The molecule has 4 aromatic rings. The van der Waals surface area contributed by atoms with Crippen molar-refractivity contribution < 1.29 is 4.74 Å². The van der Waals surface area contributed by atoms with E-state index in [1.165, 1.54) is 5.69 Å². The molecule has 0 unspecified atom stereocenters. The first kappa shape index (κ1) is 25.3. The number of benzene rings is 1. The van der Waals surface area contributed by atoms with Crippen LogP contribution >= 0.6 is 0 Å². The molecule has 1 aliphatic carbocycles. The van der Waals surface area contributed by atoms with Crippen LogP contribution in [0.2, 0.25) is 0 Å². The zero-order chi connectivity index (χ0) is 27.1. The van der Waals surface area contributed by atoms with E-state index in [0.717, 1.165) is 56.0 Å². The van der Waals surface area contributed by atoms with Crippen molar-refractivity contribution in [2.24, 2.45) is 0 Å². The van der Waals surface area contributed by atoms with Gasteiger partial charge < -0.3 is 19.9 Å². The molecule has 0 saturated carbocycles. The third-order valence-electron chi connectivity index (χ3n) is 7.97. The van der Waals surface area contributed by atoms with Crippen molar-refractivity contribution in [3.8, 4) is 5.82 Å². The summed E-state index contributed by atoms with van der Waals surface area (Å²) in [6.07, 6.45) is 5.04. The van der Waals surface area contributed by atoms with Crippen molar-refractivity contribution in [3.63, 3.8) is 0 Å². The van der Waals surface area contributed by atoms with E-state index in [1.807, 2.05) is 18.2 Å². The lowest BCUT2D eigenvalue weighted by molar-refractivity contribution is 0.000484. The number of aryl methyl sites for hydroxylation is 1. The highest BCUT2D eigenvalue weighted by atomic mass is 16.5. The molecule has 6 rings (SSSR count). The number of rotatable bonds is 7. The van der Waals surface area contributed by atoms with Crippen molar-refractivity contribution >= 4 is 28.4 Å². The first-order valence-electron chi connectivity index (χ1n) is 13.4. The van der Waals surface area contributed by atoms with Crippen LogP contribution in [-0.4, -0.2) is 69.6 Å². The van der Waals surface area contributed by atoms with Crippen LogP contribution in [0, 0.1) is 0 Å². The highest BCUT2D eigenvalue weighted by molar-refractivity contribution is 5.77. The van der Waals surface area contributed by atoms with Gasteiger partial charge in [-0.25, -0.2) is 19.3 Å². The minimum absolute atomic E-state index is 0.190. The number of hydrogen-bond acceptors (Lipinski definition) is 8. The summed E-state index contributed by atoms with van der Waals surface area (Å²) in [6, 6.07) is 12.3. The molecule has 1 aromatic carbocycles. The Morgan fingerprint density at radius 1 is 1.10 bits per heavy atom. The van der Waals surface area contributed by atoms with Gasteiger partial charge in [0.1, 0.15) is 11.0 Å². The second kappa shape index (κ2) is 9.94. The van der Waals surface area contributed by atoms with Crippen molar-refractivity contribution in [3.05, 3.63) is 76.9 Å². The molecule has 4 heterocycles. The number of methoxy groups -OCH3 is 1. The van der Waals surface area contributed by atoms with Gasteiger partial charge in [-0.15, -0.1) is 6.58 Å². The van der Waals surface area contributed by atoms with E-state index in [1.54, 1.807) is 28.7 Å². The van der Waals surface area contributed by atoms with Crippen LogP contribution in [0.3, 0.4) is 0 Å². The van der Waals surface area contributed by atoms with Crippen molar-refractivity contribution in [2.45, 2.75) is 31.9 Å². The Bertz CT molecular complexity index is 1580. The minimum Gasteiger partial charge on any atom is -0.372 e. The van der Waals surface area contributed by atoms with Gasteiger partial charge in [-0.2, -0.15) is 4.98 Å². The maximum Gasteiger partial charge on any atom is 0.278 e. The van der Waals surface area contributed by atoms with Gasteiger partial charge in [0.2, 0.25) is 5.95 Å². The number of fused-ring (bicyclic) bond motifs is 2. The molecule has 1 N–H and O–H groups in total. The van der Waals surface area contributed by atoms with Crippen LogP contribution in [0.5, 0.6) is 0 Å². The molecule has 1 aliphatic heterocycles. The second-order valence-corrected chi connectivity index (χ2v) is 10.5. The predicted octanol–water partition coefficient (Wildman–Crippen LogP) is 3.47. The number of anilines is 3. The molecular weight excluding hydrogens is 492 g/mol. The van der Waals surface area contributed by atoms with Crippen LogP contribution in [0.4, 0.5) is 17.3 Å². The summed E-state index contributed by atoms with van der Waals surface area (Å²) >= 11 is 0. The fraction of sp³-hybridized carbons (Fsp3) is 0.379. The number of likely N-dealkylation sites (N-methyl/N-ethyl adjacent to an activating group) is 1. The van der Waals surface area contributed by atoms with Gasteiger partial charge in [-0.1, -0.05) is 12.1 Å². The fourth-order valence-electron chi connectivity index (χ4n) is 5.50. The van der Waals surface area contributed by atoms with E-state index in [2.05, 4.69) is 58.9 Å². The van der Waals surface area contributed by atoms with Gasteiger partial charge in [-0.3, -0.25) is 4.79 Å². The fourth-order valence-corrected chi connectivity index (χ4v) is 5.50. The van der Waals surface area contributed by atoms with E-state index in [9.17, 15) is 4.79 Å². The quantitative estimate of drug-likeness (QED) is 0.366. The third kappa shape index (κ3) is 4.49. The molecule has 1 saturated heterocycles. The smallest absolute Gasteiger partial charge is 0.278 e. The molecule has 10 nitrogen and oxygen atoms in total. The molecule has 0 bridgehead atoms. The summed E-state index contributed by atoms with van der Waals surface area (Å²) in [5.74, 6) is 1.01. The third-order valence-corrected chi connectivity index (χ3v) is 7.97. The van der Waals surface area contributed by atoms with E-state index >= 15 is 0 Å². The summed E-state index contributed by atoms with van der Waals surface area (Å²) in [4.78, 5) is 32.3. The number of pyridine rings is 1. The molecule has 202 valence electrons. The Morgan fingerprint density at radius 3 is 2.59 bits per heavy atom. The molecular formula is C29H34N8O2. The standard InChI is InChI=1S/C29H34N8O2/c1-5-14-36-27(38)23-19-30-28(31-21-7-9-22(10-8-21)35-17-15-34(3)16-18-35)33-26(23)37(36)24-11-6-20-12-13-29(2,39-4)25(20)32-24/h5-11,19H,1,12-18H2,2-4H3,(H,30,31,33)/t29-/m0/s1. The molecule has 0 spiro atoms. The van der Waals surface area contributed by atoms with Gasteiger partial charge in [0, 0.05) is 50.9 Å². The number of allylic oxidation sites excluding steroid dienone is 1. The molecule has 2 aliphatic rings. The van der Waals surface area contributed by atoms with Crippen LogP contribution in [0.15, 0.2) is 60.0 Å². The summed E-state index contributed by atoms with van der Waals surface area (Å²) in [5, 5.41) is 3.72. The average molecular weight is 527 g/mol. The predicted molar refractivity (Wildman–Crippen MR) is 153 cm³/mol. The first-order valence-corrected chi connectivity index (χ1v) is 13.4. The Kier molecular flexibility index (Phi) is 6.44. The van der Waals surface area contributed by atoms with E-state index in [-0.39, 0.29) is 5.56 Å². The van der Waals surface area contributed by atoms with Crippen LogP contribution in [0.1, 0.15) is 24.6 Å². The molecule has 0 radical (unpaired) electrons. The lowest BCUT2D eigenvalue weighted by atomic mass is 10.0. The van der Waals surface area contributed by atoms with Gasteiger partial charge in [0.05, 0.1) is 12.2 Å². The minimum atomic E-state index is -0.462. The monoisotopic (exact) mass is 526 g/mol. The van der Waals surface area contributed by atoms with Crippen molar-refractivity contribution in [2.75, 3.05) is 50.6 Å². The number of hydrogen-bond donors (Lipinski definition) is 1. The highest BCUT2D eigenvalue weighted by Crippen LogP contribution is 2.38. The molecule has 1 atom stereocenters. The first-order chi connectivity index (χ1) is 18.9. The Labute approximate surface area is 227 Å². The van der Waals surface area contributed by atoms with Crippen LogP contribution in [0.25, 0.3) is 16.9 Å². The summed E-state index contributed by atoms with van der Waals surface area (Å²) in [7, 11) is 3.87. The normalized spacial score (nSPS) is 19.4. The van der Waals surface area contributed by atoms with Gasteiger partial charge in [-0.05, 0) is 62.7 Å².